The van der Waals surface area contributed by atoms with Crippen LogP contribution < -0.4 is 0 Å². The number of hydrogen-bond donors (Lipinski definition) is 0. The highest BCUT2D eigenvalue weighted by Gasteiger charge is 2.43. The first-order valence-corrected chi connectivity index (χ1v) is 9.11. The highest BCUT2D eigenvalue weighted by Crippen LogP contribution is 2.34. The maximum Gasteiger partial charge on any atom is 0.217 e. The van der Waals surface area contributed by atoms with Crippen LogP contribution in [0.2, 0.25) is 0 Å². The summed E-state index contributed by atoms with van der Waals surface area (Å²) >= 11 is 0. The predicted octanol–water partition coefficient (Wildman–Crippen LogP) is 1.68. The summed E-state index contributed by atoms with van der Waals surface area (Å²) in [5.41, 5.74) is 1.85. The molecule has 0 radical (unpaired) electrons. The first-order valence-electron chi connectivity index (χ1n) is 7.61. The van der Waals surface area contributed by atoms with Gasteiger partial charge in [-0.3, -0.25) is 0 Å². The third-order valence-corrected chi connectivity index (χ3v) is 6.75. The summed E-state index contributed by atoms with van der Waals surface area (Å²) in [5, 5.41) is 8.27. The summed E-state index contributed by atoms with van der Waals surface area (Å²) in [4.78, 5) is 0. The van der Waals surface area contributed by atoms with E-state index in [1.54, 1.807) is 4.31 Å². The Hall–Kier alpha value is -1.73. The van der Waals surface area contributed by atoms with E-state index in [9.17, 15) is 8.42 Å². The largest absolute Gasteiger partial charge is 0.247 e. The fourth-order valence-corrected chi connectivity index (χ4v) is 4.82. The van der Waals surface area contributed by atoms with E-state index >= 15 is 0 Å². The van der Waals surface area contributed by atoms with Gasteiger partial charge in [0, 0.05) is 18.7 Å². The van der Waals surface area contributed by atoms with E-state index in [0.717, 1.165) is 30.5 Å². The van der Waals surface area contributed by atoms with Crippen molar-refractivity contribution < 1.29 is 8.42 Å². The van der Waals surface area contributed by atoms with Crippen molar-refractivity contribution in [2.24, 2.45) is 0 Å². The summed E-state index contributed by atoms with van der Waals surface area (Å²) in [6.45, 7) is 1.10. The smallest absolute Gasteiger partial charge is 0.217 e. The van der Waals surface area contributed by atoms with Crippen LogP contribution in [-0.4, -0.2) is 46.1 Å². The van der Waals surface area contributed by atoms with E-state index in [1.165, 1.54) is 0 Å². The fourth-order valence-electron chi connectivity index (χ4n) is 2.93. The molecule has 7 heteroatoms. The first-order chi connectivity index (χ1) is 10.6. The summed E-state index contributed by atoms with van der Waals surface area (Å²) in [7, 11) is -3.08. The lowest BCUT2D eigenvalue weighted by Gasteiger charge is -2.15. The van der Waals surface area contributed by atoms with Gasteiger partial charge in [0.2, 0.25) is 10.0 Å². The molecule has 1 aromatic carbocycles. The van der Waals surface area contributed by atoms with Gasteiger partial charge in [-0.2, -0.15) is 4.31 Å². The summed E-state index contributed by atoms with van der Waals surface area (Å²) in [6, 6.07) is 9.96. The zero-order chi connectivity index (χ0) is 15.2. The van der Waals surface area contributed by atoms with Gasteiger partial charge in [0.15, 0.2) is 0 Å². The van der Waals surface area contributed by atoms with Crippen LogP contribution >= 0.6 is 0 Å². The van der Waals surface area contributed by atoms with E-state index in [2.05, 4.69) is 10.3 Å². The van der Waals surface area contributed by atoms with Gasteiger partial charge in [-0.1, -0.05) is 35.5 Å². The van der Waals surface area contributed by atoms with Crippen LogP contribution in [0, 0.1) is 0 Å². The molecule has 2 heterocycles. The third-order valence-electron chi connectivity index (χ3n) is 4.39. The van der Waals surface area contributed by atoms with Crippen LogP contribution in [0.15, 0.2) is 36.5 Å². The topological polar surface area (TPSA) is 68.1 Å². The molecular formula is C15H18N4O2S. The van der Waals surface area contributed by atoms with Gasteiger partial charge in [0.05, 0.1) is 17.5 Å². The van der Waals surface area contributed by atoms with Gasteiger partial charge >= 0.3 is 0 Å². The average Bonchev–Trinajstić information content (AvgIpc) is 3.09. The van der Waals surface area contributed by atoms with Crippen molar-refractivity contribution in [1.82, 2.24) is 19.3 Å². The number of nitrogens with zero attached hydrogens (tertiary/aromatic N) is 4. The zero-order valence-corrected chi connectivity index (χ0v) is 13.0. The quantitative estimate of drug-likeness (QED) is 0.860. The lowest BCUT2D eigenvalue weighted by Crippen LogP contribution is -2.32. The zero-order valence-electron chi connectivity index (χ0n) is 12.2. The third kappa shape index (κ3) is 2.44. The van der Waals surface area contributed by atoms with Crippen molar-refractivity contribution in [2.45, 2.75) is 30.6 Å². The Labute approximate surface area is 129 Å². The molecule has 1 saturated heterocycles. The van der Waals surface area contributed by atoms with E-state index < -0.39 is 10.0 Å². The fraction of sp³-hybridized carbons (Fsp3) is 0.467. The van der Waals surface area contributed by atoms with Crippen LogP contribution in [0.25, 0.3) is 11.3 Å². The number of aromatic nitrogens is 3. The maximum atomic E-state index is 12.3. The Balaban J connectivity index is 1.51. The van der Waals surface area contributed by atoms with Crippen molar-refractivity contribution in [3.8, 4) is 11.3 Å². The summed E-state index contributed by atoms with van der Waals surface area (Å²) in [6.07, 6.45) is 4.33. The molecule has 0 N–H and O–H groups in total. The molecule has 22 heavy (non-hydrogen) atoms. The summed E-state index contributed by atoms with van der Waals surface area (Å²) < 4.78 is 28.0. The highest BCUT2D eigenvalue weighted by molar-refractivity contribution is 7.90. The van der Waals surface area contributed by atoms with Crippen LogP contribution in [-0.2, 0) is 10.0 Å². The van der Waals surface area contributed by atoms with Gasteiger partial charge < -0.3 is 0 Å². The van der Waals surface area contributed by atoms with Crippen molar-refractivity contribution in [3.63, 3.8) is 0 Å². The van der Waals surface area contributed by atoms with Gasteiger partial charge in [-0.15, -0.1) is 5.10 Å². The van der Waals surface area contributed by atoms with Crippen LogP contribution in [0.3, 0.4) is 0 Å². The van der Waals surface area contributed by atoms with Crippen molar-refractivity contribution in [2.75, 3.05) is 13.1 Å². The first kappa shape index (κ1) is 13.9. The minimum atomic E-state index is -3.08. The minimum absolute atomic E-state index is 0.0819. The monoisotopic (exact) mass is 318 g/mol. The van der Waals surface area contributed by atoms with Crippen LogP contribution in [0.5, 0.6) is 0 Å². The molecule has 2 aliphatic rings. The lowest BCUT2D eigenvalue weighted by atomic mass is 10.2. The SMILES string of the molecule is O=S(=O)(C1CC1)N1CCC(n2cc(-c3ccccc3)nn2)C1. The normalized spacial score (nSPS) is 23.0. The Morgan fingerprint density at radius 1 is 1.09 bits per heavy atom. The Morgan fingerprint density at radius 3 is 2.59 bits per heavy atom. The molecule has 0 amide bonds. The van der Waals surface area contributed by atoms with Crippen LogP contribution in [0.1, 0.15) is 25.3 Å². The second-order valence-electron chi connectivity index (χ2n) is 5.99. The maximum absolute atomic E-state index is 12.3. The molecule has 0 spiro atoms. The van der Waals surface area contributed by atoms with Crippen molar-refractivity contribution in [3.05, 3.63) is 36.5 Å². The van der Waals surface area contributed by atoms with E-state index in [4.69, 9.17) is 0 Å². The van der Waals surface area contributed by atoms with Gasteiger partial charge in [-0.05, 0) is 19.3 Å². The van der Waals surface area contributed by atoms with Crippen LogP contribution in [0.4, 0.5) is 0 Å². The molecule has 2 fully saturated rings. The highest BCUT2D eigenvalue weighted by atomic mass is 32.2. The molecule has 2 aromatic rings. The molecule has 1 atom stereocenters. The van der Waals surface area contributed by atoms with Gasteiger partial charge in [-0.25, -0.2) is 13.1 Å². The molecule has 1 aliphatic heterocycles. The van der Waals surface area contributed by atoms with Gasteiger partial charge in [0.1, 0.15) is 5.69 Å². The number of benzene rings is 1. The van der Waals surface area contributed by atoms with Gasteiger partial charge in [0.25, 0.3) is 0 Å². The molecule has 1 aromatic heterocycles. The minimum Gasteiger partial charge on any atom is -0.247 e. The Kier molecular flexibility index (Phi) is 3.27. The summed E-state index contributed by atoms with van der Waals surface area (Å²) in [5.74, 6) is 0. The molecule has 6 nitrogen and oxygen atoms in total. The average molecular weight is 318 g/mol. The number of sulfonamides is 1. The van der Waals surface area contributed by atoms with Crippen molar-refractivity contribution in [1.29, 1.82) is 0 Å². The van der Waals surface area contributed by atoms with E-state index in [0.29, 0.717) is 13.1 Å². The molecule has 116 valence electrons. The standard InChI is InChI=1S/C15H18N4O2S/c20-22(21,14-6-7-14)18-9-8-13(10-18)19-11-15(16-17-19)12-4-2-1-3-5-12/h1-5,11,13-14H,6-10H2. The predicted molar refractivity (Wildman–Crippen MR) is 82.6 cm³/mol. The molecular weight excluding hydrogens is 300 g/mol. The number of hydrogen-bond acceptors (Lipinski definition) is 4. The molecule has 1 unspecified atom stereocenters. The second-order valence-corrected chi connectivity index (χ2v) is 8.21. The second kappa shape index (κ2) is 5.17. The molecule has 1 aliphatic carbocycles. The molecule has 1 saturated carbocycles. The van der Waals surface area contributed by atoms with Crippen molar-refractivity contribution >= 4 is 10.0 Å². The van der Waals surface area contributed by atoms with E-state index in [-0.39, 0.29) is 11.3 Å². The van der Waals surface area contributed by atoms with E-state index in [1.807, 2.05) is 41.2 Å². The molecule has 0 bridgehead atoms. The number of rotatable bonds is 4. The Bertz CT molecular complexity index is 768. The lowest BCUT2D eigenvalue weighted by molar-refractivity contribution is 0.428. The Morgan fingerprint density at radius 2 is 1.86 bits per heavy atom. The molecule has 4 rings (SSSR count).